The van der Waals surface area contributed by atoms with E-state index in [1.807, 2.05) is 58.7 Å². The smallest absolute Gasteiger partial charge is 0.223 e. The highest BCUT2D eigenvalue weighted by atomic mass is 32.1. The minimum atomic E-state index is -0.187. The Morgan fingerprint density at radius 1 is 1.10 bits per heavy atom. The highest BCUT2D eigenvalue weighted by molar-refractivity contribution is 7.08. The summed E-state index contributed by atoms with van der Waals surface area (Å²) in [6.45, 7) is 4.30. The molecule has 0 aliphatic heterocycles. The zero-order valence-electron chi connectivity index (χ0n) is 16.6. The van der Waals surface area contributed by atoms with Gasteiger partial charge in [0.15, 0.2) is 11.5 Å². The molecular formula is C22H25N5OS. The molecule has 150 valence electrons. The van der Waals surface area contributed by atoms with Crippen molar-refractivity contribution >= 4 is 22.9 Å². The molecule has 29 heavy (non-hydrogen) atoms. The molecule has 0 bridgehead atoms. The second kappa shape index (κ2) is 8.61. The van der Waals surface area contributed by atoms with Gasteiger partial charge in [0, 0.05) is 18.6 Å². The summed E-state index contributed by atoms with van der Waals surface area (Å²) in [5.74, 6) is 1.19. The van der Waals surface area contributed by atoms with Crippen molar-refractivity contribution in [2.75, 3.05) is 0 Å². The van der Waals surface area contributed by atoms with Crippen LogP contribution in [0.2, 0.25) is 0 Å². The third-order valence-electron chi connectivity index (χ3n) is 4.99. The van der Waals surface area contributed by atoms with Gasteiger partial charge >= 0.3 is 0 Å². The van der Waals surface area contributed by atoms with Gasteiger partial charge in [0.2, 0.25) is 5.91 Å². The van der Waals surface area contributed by atoms with Crippen molar-refractivity contribution in [1.29, 1.82) is 0 Å². The number of thiophene rings is 1. The van der Waals surface area contributed by atoms with Crippen LogP contribution in [0.1, 0.15) is 50.2 Å². The van der Waals surface area contributed by atoms with E-state index < -0.39 is 0 Å². The average Bonchev–Trinajstić information content (AvgIpc) is 3.47. The van der Waals surface area contributed by atoms with Crippen LogP contribution in [-0.4, -0.2) is 25.1 Å². The summed E-state index contributed by atoms with van der Waals surface area (Å²) in [4.78, 5) is 13.1. The molecule has 0 radical (unpaired) electrons. The minimum Gasteiger partial charge on any atom is -0.346 e. The van der Waals surface area contributed by atoms with Gasteiger partial charge in [-0.15, -0.1) is 10.2 Å². The SMILES string of the molecule is CC(C)C[C@H](NC(=O)C[C@H](c1ccsc1)n1cccc1)c1nnc2ccccn12. The number of carbonyl (C=O) groups excluding carboxylic acids is 1. The van der Waals surface area contributed by atoms with Crippen LogP contribution in [-0.2, 0) is 4.79 Å². The monoisotopic (exact) mass is 407 g/mol. The van der Waals surface area contributed by atoms with Crippen LogP contribution in [0.4, 0.5) is 0 Å². The predicted octanol–water partition coefficient (Wildman–Crippen LogP) is 4.48. The molecule has 0 aliphatic rings. The summed E-state index contributed by atoms with van der Waals surface area (Å²) in [6, 6.07) is 11.7. The molecule has 0 aliphatic carbocycles. The number of nitrogens with one attached hydrogen (secondary N) is 1. The molecule has 1 N–H and O–H groups in total. The Morgan fingerprint density at radius 2 is 1.90 bits per heavy atom. The van der Waals surface area contributed by atoms with Gasteiger partial charge in [0.05, 0.1) is 18.5 Å². The zero-order chi connectivity index (χ0) is 20.2. The van der Waals surface area contributed by atoms with E-state index in [-0.39, 0.29) is 18.0 Å². The molecule has 1 amide bonds. The van der Waals surface area contributed by atoms with E-state index in [0.29, 0.717) is 12.3 Å². The van der Waals surface area contributed by atoms with Crippen molar-refractivity contribution < 1.29 is 4.79 Å². The van der Waals surface area contributed by atoms with Crippen molar-refractivity contribution in [2.24, 2.45) is 5.92 Å². The third-order valence-corrected chi connectivity index (χ3v) is 5.69. The van der Waals surface area contributed by atoms with Crippen LogP contribution in [0.15, 0.2) is 65.7 Å². The van der Waals surface area contributed by atoms with E-state index >= 15 is 0 Å². The fraction of sp³-hybridized carbons (Fsp3) is 0.318. The van der Waals surface area contributed by atoms with Gasteiger partial charge in [-0.25, -0.2) is 0 Å². The number of rotatable bonds is 8. The summed E-state index contributed by atoms with van der Waals surface area (Å²) in [7, 11) is 0. The molecule has 4 rings (SSSR count). The third kappa shape index (κ3) is 4.40. The molecule has 0 aromatic carbocycles. The maximum atomic E-state index is 13.1. The predicted molar refractivity (Wildman–Crippen MR) is 115 cm³/mol. The van der Waals surface area contributed by atoms with E-state index in [9.17, 15) is 4.79 Å². The molecule has 0 spiro atoms. The molecule has 7 heteroatoms. The summed E-state index contributed by atoms with van der Waals surface area (Å²) < 4.78 is 4.04. The standard InChI is InChI=1S/C22H25N5OS/c1-16(2)13-18(22-25-24-20-7-3-4-11-27(20)22)23-21(28)14-19(17-8-12-29-15-17)26-9-5-6-10-26/h3-12,15-16,18-19H,13-14H2,1-2H3,(H,23,28)/t18-,19+/m0/s1. The Balaban J connectivity index is 1.56. The van der Waals surface area contributed by atoms with Crippen molar-refractivity contribution in [1.82, 2.24) is 24.5 Å². The van der Waals surface area contributed by atoms with Crippen LogP contribution < -0.4 is 5.32 Å². The van der Waals surface area contributed by atoms with Crippen LogP contribution in [0, 0.1) is 5.92 Å². The topological polar surface area (TPSA) is 64.2 Å². The number of carbonyl (C=O) groups is 1. The summed E-state index contributed by atoms with van der Waals surface area (Å²) in [5, 5.41) is 16.0. The Labute approximate surface area is 174 Å². The average molecular weight is 408 g/mol. The molecule has 4 aromatic heterocycles. The lowest BCUT2D eigenvalue weighted by Crippen LogP contribution is -2.32. The van der Waals surface area contributed by atoms with Gasteiger partial charge in [-0.3, -0.25) is 9.20 Å². The van der Waals surface area contributed by atoms with Gasteiger partial charge in [0.1, 0.15) is 0 Å². The Bertz CT molecular complexity index is 1020. The second-order valence-corrected chi connectivity index (χ2v) is 8.42. The first-order chi connectivity index (χ1) is 14.1. The number of pyridine rings is 1. The molecule has 0 unspecified atom stereocenters. The number of aromatic nitrogens is 4. The minimum absolute atomic E-state index is 0.00762. The number of amides is 1. The molecule has 0 saturated carbocycles. The molecule has 4 heterocycles. The lowest BCUT2D eigenvalue weighted by Gasteiger charge is -2.22. The number of hydrogen-bond donors (Lipinski definition) is 1. The van der Waals surface area contributed by atoms with Gasteiger partial charge in [-0.2, -0.15) is 11.3 Å². The van der Waals surface area contributed by atoms with Crippen molar-refractivity contribution in [2.45, 2.75) is 38.8 Å². The van der Waals surface area contributed by atoms with E-state index in [1.165, 1.54) is 0 Å². The highest BCUT2D eigenvalue weighted by Crippen LogP contribution is 2.26. The van der Waals surface area contributed by atoms with E-state index in [1.54, 1.807) is 11.3 Å². The quantitative estimate of drug-likeness (QED) is 0.468. The lowest BCUT2D eigenvalue weighted by atomic mass is 10.0. The van der Waals surface area contributed by atoms with Gasteiger partial charge in [-0.05, 0) is 59.0 Å². The zero-order valence-corrected chi connectivity index (χ0v) is 17.4. The van der Waals surface area contributed by atoms with Crippen molar-refractivity contribution in [3.8, 4) is 0 Å². The molecule has 0 fully saturated rings. The molecular weight excluding hydrogens is 382 g/mol. The fourth-order valence-electron chi connectivity index (χ4n) is 3.64. The number of nitrogens with zero attached hydrogens (tertiary/aromatic N) is 4. The first-order valence-electron chi connectivity index (χ1n) is 9.85. The van der Waals surface area contributed by atoms with Crippen LogP contribution in [0.3, 0.4) is 0 Å². The van der Waals surface area contributed by atoms with Crippen LogP contribution in [0.25, 0.3) is 5.65 Å². The number of fused-ring (bicyclic) bond motifs is 1. The van der Waals surface area contributed by atoms with E-state index in [4.69, 9.17) is 0 Å². The second-order valence-electron chi connectivity index (χ2n) is 7.64. The van der Waals surface area contributed by atoms with E-state index in [2.05, 4.69) is 45.4 Å². The summed E-state index contributed by atoms with van der Waals surface area (Å²) in [5.41, 5.74) is 1.93. The molecule has 4 aromatic rings. The number of hydrogen-bond acceptors (Lipinski definition) is 4. The highest BCUT2D eigenvalue weighted by Gasteiger charge is 2.24. The fourth-order valence-corrected chi connectivity index (χ4v) is 4.35. The molecule has 2 atom stereocenters. The molecule has 6 nitrogen and oxygen atoms in total. The lowest BCUT2D eigenvalue weighted by molar-refractivity contribution is -0.122. The largest absolute Gasteiger partial charge is 0.346 e. The maximum Gasteiger partial charge on any atom is 0.223 e. The Hall–Kier alpha value is -2.93. The van der Waals surface area contributed by atoms with Gasteiger partial charge in [-0.1, -0.05) is 19.9 Å². The Kier molecular flexibility index (Phi) is 5.76. The first-order valence-corrected chi connectivity index (χ1v) is 10.8. The van der Waals surface area contributed by atoms with Gasteiger partial charge < -0.3 is 9.88 Å². The summed E-state index contributed by atoms with van der Waals surface area (Å²) in [6.07, 6.45) is 7.13. The van der Waals surface area contributed by atoms with Crippen molar-refractivity contribution in [3.05, 3.63) is 77.1 Å². The Morgan fingerprint density at radius 3 is 2.62 bits per heavy atom. The van der Waals surface area contributed by atoms with Crippen molar-refractivity contribution in [3.63, 3.8) is 0 Å². The first kappa shape index (κ1) is 19.4. The summed E-state index contributed by atoms with van der Waals surface area (Å²) >= 11 is 1.65. The van der Waals surface area contributed by atoms with E-state index in [0.717, 1.165) is 23.5 Å². The van der Waals surface area contributed by atoms with Crippen LogP contribution >= 0.6 is 11.3 Å². The molecule has 0 saturated heterocycles. The van der Waals surface area contributed by atoms with Gasteiger partial charge in [0.25, 0.3) is 0 Å². The maximum absolute atomic E-state index is 13.1. The van der Waals surface area contributed by atoms with Crippen LogP contribution in [0.5, 0.6) is 0 Å². The normalized spacial score (nSPS) is 13.6.